The van der Waals surface area contributed by atoms with E-state index in [2.05, 4.69) is 13.8 Å². The van der Waals surface area contributed by atoms with E-state index in [4.69, 9.17) is 10.5 Å². The average molecular weight is 225 g/mol. The minimum atomic E-state index is 0.111. The van der Waals surface area contributed by atoms with Crippen LogP contribution in [0.5, 0.6) is 0 Å². The molecule has 0 spiro atoms. The zero-order valence-electron chi connectivity index (χ0n) is 10.9. The molecule has 1 saturated carbocycles. The Bertz CT molecular complexity index is 221. The van der Waals surface area contributed by atoms with Gasteiger partial charge in [0.1, 0.15) is 0 Å². The van der Waals surface area contributed by atoms with E-state index in [1.54, 1.807) is 0 Å². The van der Waals surface area contributed by atoms with Crippen LogP contribution in [0.3, 0.4) is 0 Å². The fourth-order valence-electron chi connectivity index (χ4n) is 3.49. The van der Waals surface area contributed by atoms with E-state index in [0.717, 1.165) is 12.5 Å². The van der Waals surface area contributed by atoms with Crippen LogP contribution < -0.4 is 5.73 Å². The van der Waals surface area contributed by atoms with Gasteiger partial charge in [0.05, 0.1) is 11.7 Å². The number of ether oxygens (including phenoxy) is 1. The average Bonchev–Trinajstić information content (AvgIpc) is 2.84. The van der Waals surface area contributed by atoms with Crippen molar-refractivity contribution in [3.8, 4) is 0 Å². The van der Waals surface area contributed by atoms with E-state index in [1.807, 2.05) is 0 Å². The second-order valence-electron chi connectivity index (χ2n) is 6.31. The maximum atomic E-state index is 6.09. The Balaban J connectivity index is 1.82. The summed E-state index contributed by atoms with van der Waals surface area (Å²) in [4.78, 5) is 0. The summed E-state index contributed by atoms with van der Waals surface area (Å²) in [6, 6.07) is 0. The topological polar surface area (TPSA) is 35.2 Å². The first kappa shape index (κ1) is 12.4. The minimum absolute atomic E-state index is 0.111. The normalized spacial score (nSPS) is 32.1. The summed E-state index contributed by atoms with van der Waals surface area (Å²) >= 11 is 0. The molecule has 2 atom stereocenters. The molecule has 0 bridgehead atoms. The van der Waals surface area contributed by atoms with E-state index < -0.39 is 0 Å². The van der Waals surface area contributed by atoms with Crippen molar-refractivity contribution >= 4 is 0 Å². The van der Waals surface area contributed by atoms with Crippen molar-refractivity contribution in [1.82, 2.24) is 0 Å². The fraction of sp³-hybridized carbons (Fsp3) is 1.00. The van der Waals surface area contributed by atoms with E-state index in [-0.39, 0.29) is 5.60 Å². The van der Waals surface area contributed by atoms with Crippen LogP contribution in [-0.4, -0.2) is 18.2 Å². The highest BCUT2D eigenvalue weighted by atomic mass is 16.5. The lowest BCUT2D eigenvalue weighted by atomic mass is 9.86. The van der Waals surface area contributed by atoms with E-state index in [1.165, 1.54) is 44.9 Å². The summed E-state index contributed by atoms with van der Waals surface area (Å²) in [5.41, 5.74) is 6.05. The molecule has 2 N–H and O–H groups in total. The van der Waals surface area contributed by atoms with E-state index in [9.17, 15) is 0 Å². The van der Waals surface area contributed by atoms with Crippen LogP contribution in [0, 0.1) is 11.8 Å². The molecule has 2 nitrogen and oxygen atoms in total. The minimum Gasteiger partial charge on any atom is -0.372 e. The molecule has 1 heterocycles. The van der Waals surface area contributed by atoms with Crippen molar-refractivity contribution in [3.05, 3.63) is 0 Å². The smallest absolute Gasteiger partial charge is 0.0631 e. The standard InChI is InChI=1S/C14H27NO/c1-14(2)8-7-13(16-14)9-12(10-15)11-5-3-4-6-11/h11-13H,3-10,15H2,1-2H3. The first-order valence-electron chi connectivity index (χ1n) is 6.98. The predicted molar refractivity (Wildman–Crippen MR) is 67.3 cm³/mol. The SMILES string of the molecule is CC1(C)CCC(CC(CN)C2CCCC2)O1. The Morgan fingerprint density at radius 3 is 2.44 bits per heavy atom. The van der Waals surface area contributed by atoms with Crippen molar-refractivity contribution in [2.75, 3.05) is 6.54 Å². The maximum Gasteiger partial charge on any atom is 0.0631 e. The van der Waals surface area contributed by atoms with Crippen LogP contribution in [-0.2, 0) is 4.74 Å². The molecule has 2 fully saturated rings. The second kappa shape index (κ2) is 5.05. The van der Waals surface area contributed by atoms with E-state index in [0.29, 0.717) is 12.0 Å². The highest BCUT2D eigenvalue weighted by molar-refractivity contribution is 4.85. The highest BCUT2D eigenvalue weighted by Crippen LogP contribution is 2.37. The lowest BCUT2D eigenvalue weighted by Gasteiger charge is -2.26. The Hall–Kier alpha value is -0.0800. The summed E-state index contributed by atoms with van der Waals surface area (Å²) in [5, 5.41) is 0. The number of nitrogens with two attached hydrogens (primary N) is 1. The van der Waals surface area contributed by atoms with Crippen LogP contribution in [0.1, 0.15) is 58.8 Å². The monoisotopic (exact) mass is 225 g/mol. The Labute approximate surface area is 99.9 Å². The zero-order chi connectivity index (χ0) is 11.6. The molecule has 2 heteroatoms. The first-order valence-corrected chi connectivity index (χ1v) is 6.98. The van der Waals surface area contributed by atoms with Crippen molar-refractivity contribution in [3.63, 3.8) is 0 Å². The van der Waals surface area contributed by atoms with Gasteiger partial charge in [0.25, 0.3) is 0 Å². The molecule has 2 aliphatic rings. The van der Waals surface area contributed by atoms with Gasteiger partial charge >= 0.3 is 0 Å². The fourth-order valence-corrected chi connectivity index (χ4v) is 3.49. The van der Waals surface area contributed by atoms with Crippen LogP contribution in [0.25, 0.3) is 0 Å². The van der Waals surface area contributed by atoms with Gasteiger partial charge in [0.2, 0.25) is 0 Å². The van der Waals surface area contributed by atoms with Gasteiger partial charge < -0.3 is 10.5 Å². The first-order chi connectivity index (χ1) is 7.61. The molecule has 2 rings (SSSR count). The predicted octanol–water partition coefficient (Wildman–Crippen LogP) is 3.10. The van der Waals surface area contributed by atoms with Gasteiger partial charge in [-0.1, -0.05) is 25.7 Å². The molecule has 0 radical (unpaired) electrons. The van der Waals surface area contributed by atoms with Crippen LogP contribution in [0.4, 0.5) is 0 Å². The maximum absolute atomic E-state index is 6.09. The number of rotatable bonds is 4. The number of hydrogen-bond acceptors (Lipinski definition) is 2. The summed E-state index contributed by atoms with van der Waals surface area (Å²) in [6.45, 7) is 5.27. The quantitative estimate of drug-likeness (QED) is 0.798. The van der Waals surface area contributed by atoms with Crippen molar-refractivity contribution in [2.45, 2.75) is 70.5 Å². The van der Waals surface area contributed by atoms with Gasteiger partial charge in [-0.3, -0.25) is 0 Å². The molecule has 0 aromatic heterocycles. The summed E-state index contributed by atoms with van der Waals surface area (Å²) < 4.78 is 6.09. The van der Waals surface area contributed by atoms with Crippen molar-refractivity contribution in [2.24, 2.45) is 17.6 Å². The summed E-state index contributed by atoms with van der Waals surface area (Å²) in [7, 11) is 0. The lowest BCUT2D eigenvalue weighted by Crippen LogP contribution is -2.28. The molecule has 1 aliphatic heterocycles. The molecular formula is C14H27NO. The summed E-state index contributed by atoms with van der Waals surface area (Å²) in [6.07, 6.45) is 9.75. The van der Waals surface area contributed by atoms with Gasteiger partial charge in [-0.15, -0.1) is 0 Å². The molecule has 16 heavy (non-hydrogen) atoms. The van der Waals surface area contributed by atoms with Gasteiger partial charge in [-0.05, 0) is 51.5 Å². The molecule has 0 amide bonds. The third kappa shape index (κ3) is 2.98. The molecule has 2 unspecified atom stereocenters. The van der Waals surface area contributed by atoms with Crippen LogP contribution >= 0.6 is 0 Å². The van der Waals surface area contributed by atoms with Gasteiger partial charge in [-0.25, -0.2) is 0 Å². The van der Waals surface area contributed by atoms with Crippen LogP contribution in [0.15, 0.2) is 0 Å². The highest BCUT2D eigenvalue weighted by Gasteiger charge is 2.34. The number of hydrogen-bond donors (Lipinski definition) is 1. The third-order valence-electron chi connectivity index (χ3n) is 4.49. The second-order valence-corrected chi connectivity index (χ2v) is 6.31. The molecular weight excluding hydrogens is 198 g/mol. The van der Waals surface area contributed by atoms with Gasteiger partial charge in [0, 0.05) is 0 Å². The molecule has 0 aromatic rings. The largest absolute Gasteiger partial charge is 0.372 e. The Morgan fingerprint density at radius 2 is 1.94 bits per heavy atom. The van der Waals surface area contributed by atoms with Crippen molar-refractivity contribution in [1.29, 1.82) is 0 Å². The Kier molecular flexibility index (Phi) is 3.91. The van der Waals surface area contributed by atoms with E-state index >= 15 is 0 Å². The summed E-state index contributed by atoms with van der Waals surface area (Å²) in [5.74, 6) is 1.60. The molecule has 1 saturated heterocycles. The molecule has 1 aliphatic carbocycles. The zero-order valence-corrected chi connectivity index (χ0v) is 10.9. The molecule has 0 aromatic carbocycles. The Morgan fingerprint density at radius 1 is 1.25 bits per heavy atom. The van der Waals surface area contributed by atoms with Crippen LogP contribution in [0.2, 0.25) is 0 Å². The van der Waals surface area contributed by atoms with Gasteiger partial charge in [0.15, 0.2) is 0 Å². The van der Waals surface area contributed by atoms with Crippen molar-refractivity contribution < 1.29 is 4.74 Å². The molecule has 94 valence electrons. The third-order valence-corrected chi connectivity index (χ3v) is 4.49. The van der Waals surface area contributed by atoms with Gasteiger partial charge in [-0.2, -0.15) is 0 Å². The lowest BCUT2D eigenvalue weighted by molar-refractivity contribution is -0.0273.